The highest BCUT2D eigenvalue weighted by Crippen LogP contribution is 2.21. The standard InChI is InChI=1S/C14H17N3O/c1-15-8-7-14-16-9-6-13(17-14)11-4-3-5-12(10-11)18-2/h3-6,9-10,15H,7-8H2,1-2H3. The second-order valence-electron chi connectivity index (χ2n) is 3.94. The maximum atomic E-state index is 5.22. The highest BCUT2D eigenvalue weighted by atomic mass is 16.5. The first-order valence-electron chi connectivity index (χ1n) is 5.94. The highest BCUT2D eigenvalue weighted by Gasteiger charge is 2.03. The van der Waals surface area contributed by atoms with Crippen LogP contribution in [0.4, 0.5) is 0 Å². The third-order valence-electron chi connectivity index (χ3n) is 2.67. The molecule has 0 saturated carbocycles. The number of benzene rings is 1. The van der Waals surface area contributed by atoms with Crippen molar-refractivity contribution >= 4 is 0 Å². The fraction of sp³-hybridized carbons (Fsp3) is 0.286. The molecule has 0 amide bonds. The molecule has 1 aromatic carbocycles. The first-order valence-corrected chi connectivity index (χ1v) is 5.94. The molecule has 18 heavy (non-hydrogen) atoms. The van der Waals surface area contributed by atoms with Crippen molar-refractivity contribution in [3.63, 3.8) is 0 Å². The minimum atomic E-state index is 0.828. The Hall–Kier alpha value is -1.94. The Morgan fingerprint density at radius 3 is 2.94 bits per heavy atom. The van der Waals surface area contributed by atoms with Gasteiger partial charge in [0, 0.05) is 24.7 Å². The maximum absolute atomic E-state index is 5.22. The Labute approximate surface area is 107 Å². The molecule has 0 aliphatic carbocycles. The van der Waals surface area contributed by atoms with E-state index in [0.717, 1.165) is 35.8 Å². The number of hydrogen-bond acceptors (Lipinski definition) is 4. The van der Waals surface area contributed by atoms with Gasteiger partial charge in [-0.15, -0.1) is 0 Å². The Morgan fingerprint density at radius 2 is 2.17 bits per heavy atom. The van der Waals surface area contributed by atoms with Crippen LogP contribution in [-0.2, 0) is 6.42 Å². The van der Waals surface area contributed by atoms with E-state index < -0.39 is 0 Å². The van der Waals surface area contributed by atoms with Crippen molar-refractivity contribution in [2.24, 2.45) is 0 Å². The third kappa shape index (κ3) is 3.05. The smallest absolute Gasteiger partial charge is 0.130 e. The lowest BCUT2D eigenvalue weighted by molar-refractivity contribution is 0.415. The molecule has 0 bridgehead atoms. The lowest BCUT2D eigenvalue weighted by Crippen LogP contribution is -2.12. The number of aromatic nitrogens is 2. The predicted octanol–water partition coefficient (Wildman–Crippen LogP) is 1.91. The number of likely N-dealkylation sites (N-methyl/N-ethyl adjacent to an activating group) is 1. The molecule has 1 N–H and O–H groups in total. The van der Waals surface area contributed by atoms with Crippen molar-refractivity contribution in [1.29, 1.82) is 0 Å². The van der Waals surface area contributed by atoms with Gasteiger partial charge in [0.15, 0.2) is 0 Å². The molecule has 0 aliphatic rings. The van der Waals surface area contributed by atoms with Crippen LogP contribution < -0.4 is 10.1 Å². The fourth-order valence-corrected chi connectivity index (χ4v) is 1.70. The zero-order valence-electron chi connectivity index (χ0n) is 10.7. The number of nitrogens with one attached hydrogen (secondary N) is 1. The molecule has 0 atom stereocenters. The first-order chi connectivity index (χ1) is 8.83. The van der Waals surface area contributed by atoms with Gasteiger partial charge in [-0.25, -0.2) is 9.97 Å². The third-order valence-corrected chi connectivity index (χ3v) is 2.67. The largest absolute Gasteiger partial charge is 0.497 e. The Kier molecular flexibility index (Phi) is 4.25. The average molecular weight is 243 g/mol. The van der Waals surface area contributed by atoms with Crippen molar-refractivity contribution in [1.82, 2.24) is 15.3 Å². The van der Waals surface area contributed by atoms with E-state index in [1.54, 1.807) is 13.3 Å². The summed E-state index contributed by atoms with van der Waals surface area (Å²) >= 11 is 0. The zero-order valence-corrected chi connectivity index (χ0v) is 10.7. The van der Waals surface area contributed by atoms with Crippen LogP contribution in [0.3, 0.4) is 0 Å². The van der Waals surface area contributed by atoms with Gasteiger partial charge in [-0.1, -0.05) is 12.1 Å². The normalized spacial score (nSPS) is 10.3. The van der Waals surface area contributed by atoms with Crippen LogP contribution in [0.5, 0.6) is 5.75 Å². The maximum Gasteiger partial charge on any atom is 0.130 e. The summed E-state index contributed by atoms with van der Waals surface area (Å²) in [5, 5.41) is 3.09. The summed E-state index contributed by atoms with van der Waals surface area (Å²) in [5.41, 5.74) is 1.97. The van der Waals surface area contributed by atoms with Crippen molar-refractivity contribution in [3.8, 4) is 17.0 Å². The number of rotatable bonds is 5. The quantitative estimate of drug-likeness (QED) is 0.871. The summed E-state index contributed by atoms with van der Waals surface area (Å²) in [5.74, 6) is 1.69. The van der Waals surface area contributed by atoms with Gasteiger partial charge >= 0.3 is 0 Å². The van der Waals surface area contributed by atoms with Gasteiger partial charge in [-0.3, -0.25) is 0 Å². The molecule has 0 radical (unpaired) electrons. The van der Waals surface area contributed by atoms with Crippen LogP contribution in [-0.4, -0.2) is 30.7 Å². The molecule has 0 fully saturated rings. The summed E-state index contributed by atoms with van der Waals surface area (Å²) in [6, 6.07) is 9.80. The molecule has 94 valence electrons. The SMILES string of the molecule is CNCCc1nccc(-c2cccc(OC)c2)n1. The number of methoxy groups -OCH3 is 1. The lowest BCUT2D eigenvalue weighted by atomic mass is 10.1. The van der Waals surface area contributed by atoms with Crippen molar-refractivity contribution in [3.05, 3.63) is 42.4 Å². The van der Waals surface area contributed by atoms with Gasteiger partial charge in [0.2, 0.25) is 0 Å². The van der Waals surface area contributed by atoms with Crippen molar-refractivity contribution in [2.75, 3.05) is 20.7 Å². The number of hydrogen-bond donors (Lipinski definition) is 1. The van der Waals surface area contributed by atoms with E-state index in [1.807, 2.05) is 37.4 Å². The lowest BCUT2D eigenvalue weighted by Gasteiger charge is -2.05. The second-order valence-corrected chi connectivity index (χ2v) is 3.94. The van der Waals surface area contributed by atoms with E-state index in [4.69, 9.17) is 4.74 Å². The summed E-state index contributed by atoms with van der Waals surface area (Å²) in [6.07, 6.45) is 2.63. The topological polar surface area (TPSA) is 47.0 Å². The van der Waals surface area contributed by atoms with Gasteiger partial charge in [-0.05, 0) is 25.2 Å². The highest BCUT2D eigenvalue weighted by molar-refractivity contribution is 5.60. The van der Waals surface area contributed by atoms with Crippen LogP contribution in [0.1, 0.15) is 5.82 Å². The van der Waals surface area contributed by atoms with E-state index in [2.05, 4.69) is 15.3 Å². The van der Waals surface area contributed by atoms with Crippen LogP contribution >= 0.6 is 0 Å². The number of ether oxygens (including phenoxy) is 1. The summed E-state index contributed by atoms with van der Waals surface area (Å²) in [4.78, 5) is 8.81. The van der Waals surface area contributed by atoms with Gasteiger partial charge in [-0.2, -0.15) is 0 Å². The van der Waals surface area contributed by atoms with Crippen LogP contribution in [0.25, 0.3) is 11.3 Å². The van der Waals surface area contributed by atoms with Gasteiger partial charge in [0.05, 0.1) is 12.8 Å². The van der Waals surface area contributed by atoms with E-state index in [0.29, 0.717) is 0 Å². The molecule has 2 aromatic rings. The molecular formula is C14H17N3O. The minimum Gasteiger partial charge on any atom is -0.497 e. The molecule has 0 unspecified atom stereocenters. The second kappa shape index (κ2) is 6.12. The van der Waals surface area contributed by atoms with Gasteiger partial charge in [0.1, 0.15) is 11.6 Å². The summed E-state index contributed by atoms with van der Waals surface area (Å²) in [6.45, 7) is 0.877. The van der Waals surface area contributed by atoms with Gasteiger partial charge < -0.3 is 10.1 Å². The van der Waals surface area contributed by atoms with Crippen molar-refractivity contribution in [2.45, 2.75) is 6.42 Å². The molecule has 4 heteroatoms. The predicted molar refractivity (Wildman–Crippen MR) is 71.7 cm³/mol. The summed E-state index contributed by atoms with van der Waals surface area (Å²) < 4.78 is 5.22. The average Bonchev–Trinajstić information content (AvgIpc) is 2.45. The molecule has 1 aromatic heterocycles. The first kappa shape index (κ1) is 12.5. The molecular weight excluding hydrogens is 226 g/mol. The Morgan fingerprint density at radius 1 is 1.28 bits per heavy atom. The molecule has 0 spiro atoms. The van der Waals surface area contributed by atoms with E-state index in [1.165, 1.54) is 0 Å². The monoisotopic (exact) mass is 243 g/mol. The van der Waals surface area contributed by atoms with Crippen LogP contribution in [0.2, 0.25) is 0 Å². The van der Waals surface area contributed by atoms with E-state index in [9.17, 15) is 0 Å². The zero-order chi connectivity index (χ0) is 12.8. The minimum absolute atomic E-state index is 0.828. The summed E-state index contributed by atoms with van der Waals surface area (Å²) in [7, 11) is 3.59. The molecule has 1 heterocycles. The van der Waals surface area contributed by atoms with Crippen molar-refractivity contribution < 1.29 is 4.74 Å². The van der Waals surface area contributed by atoms with Crippen LogP contribution in [0, 0.1) is 0 Å². The molecule has 0 aliphatic heterocycles. The van der Waals surface area contributed by atoms with E-state index >= 15 is 0 Å². The van der Waals surface area contributed by atoms with E-state index in [-0.39, 0.29) is 0 Å². The molecule has 4 nitrogen and oxygen atoms in total. The van der Waals surface area contributed by atoms with Gasteiger partial charge in [0.25, 0.3) is 0 Å². The number of nitrogens with zero attached hydrogens (tertiary/aromatic N) is 2. The Balaban J connectivity index is 2.26. The fourth-order valence-electron chi connectivity index (χ4n) is 1.70. The molecule has 2 rings (SSSR count). The van der Waals surface area contributed by atoms with Crippen LogP contribution in [0.15, 0.2) is 36.5 Å². The molecule has 0 saturated heterocycles. The Bertz CT molecular complexity index is 514.